The van der Waals surface area contributed by atoms with Crippen molar-refractivity contribution in [3.8, 4) is 6.07 Å². The van der Waals surface area contributed by atoms with Crippen molar-refractivity contribution in [3.63, 3.8) is 0 Å². The number of piperazine rings is 1. The van der Waals surface area contributed by atoms with E-state index in [0.29, 0.717) is 48.0 Å². The summed E-state index contributed by atoms with van der Waals surface area (Å²) in [5.74, 6) is -0.309. The Labute approximate surface area is 186 Å². The molecule has 0 aromatic heterocycles. The van der Waals surface area contributed by atoms with Crippen molar-refractivity contribution in [2.75, 3.05) is 25.0 Å². The lowest BCUT2D eigenvalue weighted by atomic mass is 10.0. The highest BCUT2D eigenvalue weighted by Crippen LogP contribution is 2.27. The number of amides is 2. The molecule has 162 valence electrons. The van der Waals surface area contributed by atoms with Crippen LogP contribution in [0, 0.1) is 25.2 Å². The third kappa shape index (κ3) is 5.16. The summed E-state index contributed by atoms with van der Waals surface area (Å²) < 4.78 is 0. The number of rotatable bonds is 4. The topological polar surface area (TPSA) is 96.7 Å². The molecule has 2 aromatic carbocycles. The number of nitrogens with one attached hydrogen (secondary N) is 1. The van der Waals surface area contributed by atoms with Gasteiger partial charge >= 0.3 is 6.09 Å². The lowest BCUT2D eigenvalue weighted by Gasteiger charge is -2.38. The van der Waals surface area contributed by atoms with Gasteiger partial charge < -0.3 is 15.3 Å². The molecular formula is C23H25ClN4O3. The first-order chi connectivity index (χ1) is 14.7. The van der Waals surface area contributed by atoms with Crippen LogP contribution < -0.4 is 5.32 Å². The van der Waals surface area contributed by atoms with Crippen molar-refractivity contribution in [3.05, 3.63) is 63.2 Å². The van der Waals surface area contributed by atoms with Gasteiger partial charge in [0, 0.05) is 48.5 Å². The van der Waals surface area contributed by atoms with Crippen molar-refractivity contribution in [1.29, 1.82) is 5.26 Å². The first-order valence-corrected chi connectivity index (χ1v) is 10.4. The van der Waals surface area contributed by atoms with Gasteiger partial charge in [0.1, 0.15) is 0 Å². The fourth-order valence-electron chi connectivity index (χ4n) is 3.81. The molecule has 0 aliphatic carbocycles. The van der Waals surface area contributed by atoms with Gasteiger partial charge in [0.15, 0.2) is 0 Å². The molecule has 0 bridgehead atoms. The second kappa shape index (κ2) is 9.38. The summed E-state index contributed by atoms with van der Waals surface area (Å²) >= 11 is 6.33. The number of hydrogen-bond donors (Lipinski definition) is 2. The van der Waals surface area contributed by atoms with E-state index in [0.717, 1.165) is 16.7 Å². The molecule has 0 unspecified atom stereocenters. The van der Waals surface area contributed by atoms with Crippen LogP contribution in [0.5, 0.6) is 0 Å². The number of hydrogen-bond acceptors (Lipinski definition) is 4. The van der Waals surface area contributed by atoms with Crippen LogP contribution in [0.2, 0.25) is 5.02 Å². The number of carboxylic acid groups (broad SMARTS) is 1. The van der Waals surface area contributed by atoms with E-state index in [1.54, 1.807) is 24.3 Å². The monoisotopic (exact) mass is 440 g/mol. The minimum atomic E-state index is -0.897. The zero-order valence-corrected chi connectivity index (χ0v) is 18.5. The fourth-order valence-corrected chi connectivity index (χ4v) is 4.05. The van der Waals surface area contributed by atoms with Crippen LogP contribution in [0.4, 0.5) is 10.5 Å². The summed E-state index contributed by atoms with van der Waals surface area (Å²) in [5.41, 5.74) is 4.17. The van der Waals surface area contributed by atoms with Gasteiger partial charge in [-0.1, -0.05) is 17.7 Å². The van der Waals surface area contributed by atoms with E-state index in [-0.39, 0.29) is 11.9 Å². The maximum absolute atomic E-state index is 12.8. The number of carbonyl (C=O) groups is 2. The number of halogens is 1. The zero-order chi connectivity index (χ0) is 22.7. The van der Waals surface area contributed by atoms with Gasteiger partial charge in [-0.15, -0.1) is 0 Å². The van der Waals surface area contributed by atoms with Gasteiger partial charge in [-0.05, 0) is 61.7 Å². The fraction of sp³-hybridized carbons (Fsp3) is 0.348. The minimum absolute atomic E-state index is 0.0965. The third-order valence-corrected chi connectivity index (χ3v) is 5.92. The van der Waals surface area contributed by atoms with E-state index in [9.17, 15) is 20.0 Å². The van der Waals surface area contributed by atoms with E-state index < -0.39 is 6.09 Å². The van der Waals surface area contributed by atoms with Crippen LogP contribution in [-0.4, -0.2) is 52.6 Å². The average Bonchev–Trinajstić information content (AvgIpc) is 2.71. The number of aryl methyl sites for hydroxylation is 1. The predicted molar refractivity (Wildman–Crippen MR) is 120 cm³/mol. The molecule has 3 rings (SSSR count). The lowest BCUT2D eigenvalue weighted by molar-refractivity contribution is 0.0710. The highest BCUT2D eigenvalue weighted by molar-refractivity contribution is 6.31. The molecule has 0 spiro atoms. The van der Waals surface area contributed by atoms with Gasteiger partial charge in [-0.3, -0.25) is 9.69 Å². The van der Waals surface area contributed by atoms with Crippen LogP contribution in [0.3, 0.4) is 0 Å². The Balaban J connectivity index is 1.77. The Bertz CT molecular complexity index is 1060. The average molecular weight is 441 g/mol. The molecule has 1 heterocycles. The van der Waals surface area contributed by atoms with E-state index in [4.69, 9.17) is 11.6 Å². The van der Waals surface area contributed by atoms with Crippen LogP contribution in [0.1, 0.15) is 39.5 Å². The Morgan fingerprint density at radius 2 is 2.00 bits per heavy atom. The number of anilines is 1. The Morgan fingerprint density at radius 1 is 1.26 bits per heavy atom. The Hall–Kier alpha value is -3.08. The SMILES string of the molecule is Cc1ccc(C(=O)Nc2cc(Cl)cc(CN3CCN(C(=O)O)[C@@H](C)C3)c2C)cc1C#N. The molecule has 0 saturated carbocycles. The molecule has 1 aliphatic rings. The van der Waals surface area contributed by atoms with Crippen molar-refractivity contribution in [2.45, 2.75) is 33.4 Å². The summed E-state index contributed by atoms with van der Waals surface area (Å²) in [6.45, 7) is 7.96. The number of nitrogens with zero attached hydrogens (tertiary/aromatic N) is 3. The molecule has 31 heavy (non-hydrogen) atoms. The molecule has 2 amide bonds. The van der Waals surface area contributed by atoms with Gasteiger partial charge in [-0.2, -0.15) is 5.26 Å². The highest BCUT2D eigenvalue weighted by Gasteiger charge is 2.27. The quantitative estimate of drug-likeness (QED) is 0.740. The van der Waals surface area contributed by atoms with Crippen molar-refractivity contribution in [1.82, 2.24) is 9.80 Å². The predicted octanol–water partition coefficient (Wildman–Crippen LogP) is 4.26. The maximum Gasteiger partial charge on any atom is 0.407 e. The van der Waals surface area contributed by atoms with E-state index in [1.165, 1.54) is 4.90 Å². The Morgan fingerprint density at radius 3 is 2.65 bits per heavy atom. The van der Waals surface area contributed by atoms with Gasteiger partial charge in [0.25, 0.3) is 5.91 Å². The molecular weight excluding hydrogens is 416 g/mol. The van der Waals surface area contributed by atoms with Gasteiger partial charge in [-0.25, -0.2) is 4.79 Å². The van der Waals surface area contributed by atoms with Gasteiger partial charge in [0.05, 0.1) is 11.6 Å². The molecule has 1 atom stereocenters. The van der Waals surface area contributed by atoms with Crippen LogP contribution in [0.25, 0.3) is 0 Å². The van der Waals surface area contributed by atoms with Crippen LogP contribution in [-0.2, 0) is 6.54 Å². The summed E-state index contributed by atoms with van der Waals surface area (Å²) in [7, 11) is 0. The molecule has 7 nitrogen and oxygen atoms in total. The van der Waals surface area contributed by atoms with Crippen LogP contribution >= 0.6 is 11.6 Å². The molecule has 0 radical (unpaired) electrons. The highest BCUT2D eigenvalue weighted by atomic mass is 35.5. The standard InChI is InChI=1S/C23H25ClN4O3/c1-14-4-5-17(8-18(14)11-25)22(29)26-21-10-20(24)9-19(16(21)3)13-27-6-7-28(23(30)31)15(2)12-27/h4-5,8-10,15H,6-7,12-13H2,1-3H3,(H,26,29)(H,30,31)/t15-/m0/s1. The number of carbonyl (C=O) groups excluding carboxylic acids is 1. The first-order valence-electron chi connectivity index (χ1n) is 10.0. The van der Waals surface area contributed by atoms with Gasteiger partial charge in [0.2, 0.25) is 0 Å². The largest absolute Gasteiger partial charge is 0.465 e. The smallest absolute Gasteiger partial charge is 0.407 e. The van der Waals surface area contributed by atoms with Crippen molar-refractivity contribution in [2.24, 2.45) is 0 Å². The van der Waals surface area contributed by atoms with E-state index in [1.807, 2.05) is 26.8 Å². The zero-order valence-electron chi connectivity index (χ0n) is 17.8. The summed E-state index contributed by atoms with van der Waals surface area (Å²) in [5, 5.41) is 21.9. The molecule has 8 heteroatoms. The molecule has 2 N–H and O–H groups in total. The summed E-state index contributed by atoms with van der Waals surface area (Å²) in [4.78, 5) is 27.7. The first kappa shape index (κ1) is 22.6. The summed E-state index contributed by atoms with van der Waals surface area (Å²) in [6.07, 6.45) is -0.897. The van der Waals surface area contributed by atoms with Crippen molar-refractivity contribution >= 4 is 29.3 Å². The maximum atomic E-state index is 12.8. The molecule has 1 saturated heterocycles. The van der Waals surface area contributed by atoms with E-state index in [2.05, 4.69) is 16.3 Å². The number of benzene rings is 2. The van der Waals surface area contributed by atoms with Crippen molar-refractivity contribution < 1.29 is 14.7 Å². The molecule has 1 fully saturated rings. The number of nitriles is 1. The second-order valence-electron chi connectivity index (χ2n) is 7.89. The lowest BCUT2D eigenvalue weighted by Crippen LogP contribution is -2.53. The third-order valence-electron chi connectivity index (χ3n) is 5.70. The van der Waals surface area contributed by atoms with E-state index >= 15 is 0 Å². The van der Waals surface area contributed by atoms with Crippen LogP contribution in [0.15, 0.2) is 30.3 Å². The summed E-state index contributed by atoms with van der Waals surface area (Å²) in [6, 6.07) is 10.6. The Kier molecular flexibility index (Phi) is 6.84. The second-order valence-corrected chi connectivity index (χ2v) is 8.33. The molecule has 1 aliphatic heterocycles. The molecule has 2 aromatic rings. The normalized spacial score (nSPS) is 16.6. The minimum Gasteiger partial charge on any atom is -0.465 e.